The Balaban J connectivity index is 1.57. The van der Waals surface area contributed by atoms with Crippen molar-refractivity contribution in [1.29, 1.82) is 0 Å². The van der Waals surface area contributed by atoms with Crippen LogP contribution in [0.25, 0.3) is 0 Å². The number of carbonyl (C=O) groups excluding carboxylic acids is 2. The summed E-state index contributed by atoms with van der Waals surface area (Å²) in [4.78, 5) is 26.7. The standard InChI is InChI=1S/C17H27N3O2S/c1-2-14-7-3-4-10-20(14)11-6-9-18-16(21)13-19-17(22)15-8-5-12-23-15/h5,8,12,14H,2-4,6-7,9-11,13H2,1H3,(H,18,21)(H,19,22). The number of hydrogen-bond acceptors (Lipinski definition) is 4. The van der Waals surface area contributed by atoms with Crippen LogP contribution in [0.4, 0.5) is 0 Å². The van der Waals surface area contributed by atoms with E-state index < -0.39 is 0 Å². The van der Waals surface area contributed by atoms with Gasteiger partial charge in [-0.05, 0) is 43.7 Å². The highest BCUT2D eigenvalue weighted by Crippen LogP contribution is 2.19. The first kappa shape index (κ1) is 17.9. The average molecular weight is 337 g/mol. The third-order valence-corrected chi connectivity index (χ3v) is 5.19. The number of thiophene rings is 1. The van der Waals surface area contributed by atoms with Crippen molar-refractivity contribution < 1.29 is 9.59 Å². The topological polar surface area (TPSA) is 61.4 Å². The van der Waals surface area contributed by atoms with Crippen LogP contribution in [0.15, 0.2) is 17.5 Å². The predicted molar refractivity (Wildman–Crippen MR) is 93.8 cm³/mol. The molecule has 2 amide bonds. The summed E-state index contributed by atoms with van der Waals surface area (Å²) in [5, 5.41) is 7.37. The SMILES string of the molecule is CCC1CCCCN1CCCNC(=O)CNC(=O)c1cccs1. The summed E-state index contributed by atoms with van der Waals surface area (Å²) in [6.45, 7) is 5.18. The molecular formula is C17H27N3O2S. The van der Waals surface area contributed by atoms with Gasteiger partial charge in [0.25, 0.3) is 5.91 Å². The lowest BCUT2D eigenvalue weighted by atomic mass is 10.00. The van der Waals surface area contributed by atoms with Gasteiger partial charge in [0.1, 0.15) is 0 Å². The monoisotopic (exact) mass is 337 g/mol. The molecule has 1 saturated heterocycles. The van der Waals surface area contributed by atoms with Crippen molar-refractivity contribution in [2.75, 3.05) is 26.2 Å². The van der Waals surface area contributed by atoms with Crippen LogP contribution in [0.1, 0.15) is 48.7 Å². The molecule has 1 aliphatic heterocycles. The molecule has 1 aliphatic rings. The first-order valence-electron chi connectivity index (χ1n) is 8.53. The summed E-state index contributed by atoms with van der Waals surface area (Å²) in [6, 6.07) is 4.29. The largest absolute Gasteiger partial charge is 0.355 e. The second-order valence-electron chi connectivity index (χ2n) is 5.96. The normalized spacial score (nSPS) is 18.6. The fraction of sp³-hybridized carbons (Fsp3) is 0.647. The number of hydrogen-bond donors (Lipinski definition) is 2. The van der Waals surface area contributed by atoms with Crippen molar-refractivity contribution in [2.24, 2.45) is 0 Å². The van der Waals surface area contributed by atoms with Gasteiger partial charge in [0.15, 0.2) is 0 Å². The molecule has 0 spiro atoms. The number of carbonyl (C=O) groups is 2. The van der Waals surface area contributed by atoms with Crippen LogP contribution in [0, 0.1) is 0 Å². The van der Waals surface area contributed by atoms with Crippen LogP contribution < -0.4 is 10.6 Å². The minimum atomic E-state index is -0.186. The first-order valence-corrected chi connectivity index (χ1v) is 9.41. The fourth-order valence-electron chi connectivity index (χ4n) is 3.04. The molecule has 0 aromatic carbocycles. The maximum atomic E-state index is 11.8. The highest BCUT2D eigenvalue weighted by Gasteiger charge is 2.19. The van der Waals surface area contributed by atoms with Gasteiger partial charge in [-0.25, -0.2) is 0 Å². The van der Waals surface area contributed by atoms with E-state index in [-0.39, 0.29) is 18.4 Å². The van der Waals surface area contributed by atoms with Gasteiger partial charge in [-0.2, -0.15) is 0 Å². The van der Waals surface area contributed by atoms with E-state index >= 15 is 0 Å². The Bertz CT molecular complexity index is 490. The fourth-order valence-corrected chi connectivity index (χ4v) is 3.68. The molecule has 5 nitrogen and oxygen atoms in total. The van der Waals surface area contributed by atoms with Crippen molar-refractivity contribution in [2.45, 2.75) is 45.1 Å². The van der Waals surface area contributed by atoms with Crippen molar-refractivity contribution in [3.05, 3.63) is 22.4 Å². The maximum absolute atomic E-state index is 11.8. The lowest BCUT2D eigenvalue weighted by Gasteiger charge is -2.35. The third-order valence-electron chi connectivity index (χ3n) is 4.32. The van der Waals surface area contributed by atoms with Crippen molar-refractivity contribution in [3.8, 4) is 0 Å². The zero-order valence-corrected chi connectivity index (χ0v) is 14.7. The molecular weight excluding hydrogens is 310 g/mol. The van der Waals surface area contributed by atoms with E-state index in [0.717, 1.165) is 13.0 Å². The van der Waals surface area contributed by atoms with E-state index in [0.29, 0.717) is 17.5 Å². The van der Waals surface area contributed by atoms with E-state index in [4.69, 9.17) is 0 Å². The Morgan fingerprint density at radius 2 is 2.22 bits per heavy atom. The average Bonchev–Trinajstić information content (AvgIpc) is 3.11. The van der Waals surface area contributed by atoms with Crippen LogP contribution in [0.2, 0.25) is 0 Å². The zero-order chi connectivity index (χ0) is 16.5. The zero-order valence-electron chi connectivity index (χ0n) is 13.8. The van der Waals surface area contributed by atoms with Crippen molar-refractivity contribution >= 4 is 23.2 Å². The molecule has 1 aromatic rings. The quantitative estimate of drug-likeness (QED) is 0.715. The molecule has 2 heterocycles. The third kappa shape index (κ3) is 5.95. The summed E-state index contributed by atoms with van der Waals surface area (Å²) >= 11 is 1.37. The van der Waals surface area contributed by atoms with Gasteiger partial charge in [-0.3, -0.25) is 9.59 Å². The molecule has 0 aliphatic carbocycles. The van der Waals surface area contributed by atoms with Crippen LogP contribution in [0.5, 0.6) is 0 Å². The van der Waals surface area contributed by atoms with Gasteiger partial charge >= 0.3 is 0 Å². The van der Waals surface area contributed by atoms with Gasteiger partial charge < -0.3 is 15.5 Å². The highest BCUT2D eigenvalue weighted by atomic mass is 32.1. The van der Waals surface area contributed by atoms with E-state index in [1.165, 1.54) is 43.6 Å². The summed E-state index contributed by atoms with van der Waals surface area (Å²) < 4.78 is 0. The molecule has 1 aromatic heterocycles. The molecule has 0 bridgehead atoms. The number of piperidine rings is 1. The minimum absolute atomic E-state index is 0.0397. The highest BCUT2D eigenvalue weighted by molar-refractivity contribution is 7.12. The lowest BCUT2D eigenvalue weighted by Crippen LogP contribution is -2.41. The Morgan fingerprint density at radius 3 is 2.96 bits per heavy atom. The van der Waals surface area contributed by atoms with Crippen LogP contribution in [-0.2, 0) is 4.79 Å². The Morgan fingerprint density at radius 1 is 1.35 bits per heavy atom. The van der Waals surface area contributed by atoms with Gasteiger partial charge in [-0.15, -0.1) is 11.3 Å². The summed E-state index contributed by atoms with van der Waals surface area (Å²) in [5.74, 6) is -0.310. The number of nitrogens with zero attached hydrogens (tertiary/aromatic N) is 1. The molecule has 1 fully saturated rings. The Hall–Kier alpha value is -1.40. The number of rotatable bonds is 8. The van der Waals surface area contributed by atoms with Crippen LogP contribution in [0.3, 0.4) is 0 Å². The molecule has 2 N–H and O–H groups in total. The molecule has 128 valence electrons. The molecule has 0 radical (unpaired) electrons. The predicted octanol–water partition coefficient (Wildman–Crippen LogP) is 2.25. The van der Waals surface area contributed by atoms with E-state index in [1.807, 2.05) is 11.4 Å². The smallest absolute Gasteiger partial charge is 0.261 e. The lowest BCUT2D eigenvalue weighted by molar-refractivity contribution is -0.120. The molecule has 2 rings (SSSR count). The minimum Gasteiger partial charge on any atom is -0.355 e. The maximum Gasteiger partial charge on any atom is 0.261 e. The van der Waals surface area contributed by atoms with Crippen LogP contribution in [-0.4, -0.2) is 48.9 Å². The van der Waals surface area contributed by atoms with Crippen LogP contribution >= 0.6 is 11.3 Å². The number of likely N-dealkylation sites (tertiary alicyclic amines) is 1. The van der Waals surface area contributed by atoms with E-state index in [9.17, 15) is 9.59 Å². The Kier molecular flexibility index (Phi) is 7.55. The Labute approximate surface area is 142 Å². The molecule has 0 saturated carbocycles. The van der Waals surface area contributed by atoms with E-state index in [1.54, 1.807) is 6.07 Å². The second-order valence-corrected chi connectivity index (χ2v) is 6.91. The van der Waals surface area contributed by atoms with Crippen molar-refractivity contribution in [3.63, 3.8) is 0 Å². The number of amides is 2. The van der Waals surface area contributed by atoms with Crippen molar-refractivity contribution in [1.82, 2.24) is 15.5 Å². The second kappa shape index (κ2) is 9.67. The van der Waals surface area contributed by atoms with Gasteiger partial charge in [0, 0.05) is 19.1 Å². The summed E-state index contributed by atoms with van der Waals surface area (Å²) in [5.41, 5.74) is 0. The summed E-state index contributed by atoms with van der Waals surface area (Å²) in [7, 11) is 0. The molecule has 1 unspecified atom stereocenters. The number of nitrogens with one attached hydrogen (secondary N) is 2. The van der Waals surface area contributed by atoms with Gasteiger partial charge in [-0.1, -0.05) is 19.4 Å². The van der Waals surface area contributed by atoms with E-state index in [2.05, 4.69) is 22.5 Å². The molecule has 23 heavy (non-hydrogen) atoms. The first-order chi connectivity index (χ1) is 11.2. The molecule has 6 heteroatoms. The van der Waals surface area contributed by atoms with Gasteiger partial charge in [0.2, 0.25) is 5.91 Å². The molecule has 1 atom stereocenters. The summed E-state index contributed by atoms with van der Waals surface area (Å²) in [6.07, 6.45) is 6.10. The van der Waals surface area contributed by atoms with Gasteiger partial charge in [0.05, 0.1) is 11.4 Å².